The molecule has 10 heteroatoms. The molecule has 9 nitrogen and oxygen atoms in total. The molecule has 3 atom stereocenters. The van der Waals surface area contributed by atoms with Gasteiger partial charge < -0.3 is 19.4 Å². The maximum Gasteiger partial charge on any atom is 0.472 e. The number of phosphoric ester groups is 1. The molecule has 89 heavy (non-hydrogen) atoms. The zero-order valence-electron chi connectivity index (χ0n) is 60.7. The van der Waals surface area contributed by atoms with E-state index in [1.54, 1.807) is 0 Å². The number of hydrogen-bond donors (Lipinski definition) is 2. The maximum atomic E-state index is 13.7. The van der Waals surface area contributed by atoms with Crippen molar-refractivity contribution in [2.24, 2.45) is 0 Å². The Morgan fingerprint density at radius 1 is 0.382 bits per heavy atom. The van der Waals surface area contributed by atoms with Crippen molar-refractivity contribution >= 4 is 19.7 Å². The van der Waals surface area contributed by atoms with Crippen LogP contribution in [0.4, 0.5) is 0 Å². The summed E-state index contributed by atoms with van der Waals surface area (Å²) >= 11 is 0. The van der Waals surface area contributed by atoms with Gasteiger partial charge in [-0.3, -0.25) is 18.6 Å². The van der Waals surface area contributed by atoms with Gasteiger partial charge in [0.15, 0.2) is 0 Å². The van der Waals surface area contributed by atoms with Crippen molar-refractivity contribution < 1.29 is 37.3 Å². The first kappa shape index (κ1) is 87.5. The third-order valence-electron chi connectivity index (χ3n) is 18.4. The summed E-state index contributed by atoms with van der Waals surface area (Å²) in [6.07, 6.45) is 86.4. The molecule has 1 amide bonds. The molecule has 0 radical (unpaired) electrons. The van der Waals surface area contributed by atoms with Crippen molar-refractivity contribution in [1.82, 2.24) is 5.32 Å². The van der Waals surface area contributed by atoms with E-state index in [4.69, 9.17) is 13.8 Å². The fourth-order valence-corrected chi connectivity index (χ4v) is 13.0. The van der Waals surface area contributed by atoms with Gasteiger partial charge in [0.05, 0.1) is 33.8 Å². The SMILES string of the molecule is CCCCCCCC/C=C/CCCCCCCCCCCCCCCCCC(=O)NC(COP(=O)(O)OCC[N+](C)(C)C)C(/C=C/CCCCCCCCCCCCC)OC(=O)CCCCCCCCCCCCCCCCCCCCCCCCCCC. The molecule has 528 valence electrons. The molecule has 0 spiro atoms. The number of amides is 1. The summed E-state index contributed by atoms with van der Waals surface area (Å²) in [6.45, 7) is 7.10. The van der Waals surface area contributed by atoms with E-state index in [-0.39, 0.29) is 25.1 Å². The third kappa shape index (κ3) is 70.6. The van der Waals surface area contributed by atoms with Gasteiger partial charge in [-0.1, -0.05) is 373 Å². The smallest absolute Gasteiger partial charge is 0.456 e. The van der Waals surface area contributed by atoms with E-state index >= 15 is 0 Å². The lowest BCUT2D eigenvalue weighted by Gasteiger charge is -2.27. The number of hydrogen-bond acceptors (Lipinski definition) is 6. The zero-order chi connectivity index (χ0) is 64.9. The second-order valence-electron chi connectivity index (χ2n) is 28.6. The fourth-order valence-electron chi connectivity index (χ4n) is 12.3. The van der Waals surface area contributed by atoms with Crippen molar-refractivity contribution in [3.05, 3.63) is 24.3 Å². The number of esters is 1. The Hall–Kier alpha value is -1.51. The van der Waals surface area contributed by atoms with Crippen LogP contribution in [0.2, 0.25) is 0 Å². The van der Waals surface area contributed by atoms with Crippen molar-refractivity contribution in [3.63, 3.8) is 0 Å². The second-order valence-corrected chi connectivity index (χ2v) is 30.1. The monoisotopic (exact) mass is 1280 g/mol. The van der Waals surface area contributed by atoms with Crippen LogP contribution < -0.4 is 5.32 Å². The van der Waals surface area contributed by atoms with E-state index in [0.29, 0.717) is 23.9 Å². The largest absolute Gasteiger partial charge is 0.472 e. The average molecular weight is 1280 g/mol. The van der Waals surface area contributed by atoms with Crippen LogP contribution in [-0.2, 0) is 27.9 Å². The summed E-state index contributed by atoms with van der Waals surface area (Å²) in [4.78, 5) is 38.0. The predicted molar refractivity (Wildman–Crippen MR) is 388 cm³/mol. The minimum absolute atomic E-state index is 0.0450. The Morgan fingerprint density at radius 2 is 0.652 bits per heavy atom. The van der Waals surface area contributed by atoms with Crippen LogP contribution in [0.5, 0.6) is 0 Å². The lowest BCUT2D eigenvalue weighted by atomic mass is 10.0. The van der Waals surface area contributed by atoms with Gasteiger partial charge in [0.2, 0.25) is 5.91 Å². The molecule has 0 saturated heterocycles. The number of allylic oxidation sites excluding steroid dienone is 3. The van der Waals surface area contributed by atoms with Crippen LogP contribution in [0.15, 0.2) is 24.3 Å². The molecular formula is C79H156N2O7P+. The molecular weight excluding hydrogens is 1120 g/mol. The maximum absolute atomic E-state index is 13.7. The number of nitrogens with one attached hydrogen (secondary N) is 1. The van der Waals surface area contributed by atoms with E-state index in [1.165, 1.54) is 327 Å². The predicted octanol–water partition coefficient (Wildman–Crippen LogP) is 25.6. The molecule has 0 aromatic rings. The number of nitrogens with zero attached hydrogens (tertiary/aromatic N) is 1. The number of rotatable bonds is 74. The lowest BCUT2D eigenvalue weighted by Crippen LogP contribution is -2.47. The Labute approximate surface area is 555 Å². The molecule has 0 bridgehead atoms. The van der Waals surface area contributed by atoms with Crippen LogP contribution in [0, 0.1) is 0 Å². The molecule has 0 fully saturated rings. The van der Waals surface area contributed by atoms with Crippen LogP contribution in [-0.4, -0.2) is 74.3 Å². The van der Waals surface area contributed by atoms with Crippen molar-refractivity contribution in [3.8, 4) is 0 Å². The number of unbranched alkanes of at least 4 members (excludes halogenated alkanes) is 56. The van der Waals surface area contributed by atoms with Gasteiger partial charge in [0.25, 0.3) is 0 Å². The summed E-state index contributed by atoms with van der Waals surface area (Å²) in [5, 5.41) is 3.09. The van der Waals surface area contributed by atoms with Crippen molar-refractivity contribution in [2.45, 2.75) is 431 Å². The molecule has 2 N–H and O–H groups in total. The van der Waals surface area contributed by atoms with Crippen LogP contribution in [0.25, 0.3) is 0 Å². The standard InChI is InChI=1S/C79H155N2O7P/c1-7-10-13-16-19-22-25-28-30-32-34-36-38-40-42-44-46-48-50-53-56-59-62-65-68-71-78(82)80-76(75-87-89(84,85)86-74-73-81(4,5)6)77(70-67-64-61-58-55-52-27-24-21-18-15-12-9-3)88-79(83)72-69-66-63-60-57-54-51-49-47-45-43-41-39-37-35-33-31-29-26-23-20-17-14-11-8-2/h28,30,67,70,76-77H,7-27,29,31-66,68-69,71-75H2,1-6H3,(H-,80,82,84,85)/p+1/b30-28+,70-67+. The first-order valence-corrected chi connectivity index (χ1v) is 41.2. The minimum atomic E-state index is -4.45. The normalized spacial score (nSPS) is 13.5. The molecule has 0 aromatic carbocycles. The Morgan fingerprint density at radius 3 is 0.955 bits per heavy atom. The molecule has 0 aromatic heterocycles. The molecule has 0 aliphatic carbocycles. The third-order valence-corrected chi connectivity index (χ3v) is 19.4. The summed E-state index contributed by atoms with van der Waals surface area (Å²) < 4.78 is 31.0. The van der Waals surface area contributed by atoms with Gasteiger partial charge in [0.1, 0.15) is 19.3 Å². The number of carbonyl (C=O) groups is 2. The van der Waals surface area contributed by atoms with E-state index in [0.717, 1.165) is 57.8 Å². The molecule has 0 aliphatic heterocycles. The highest BCUT2D eigenvalue weighted by Gasteiger charge is 2.30. The lowest BCUT2D eigenvalue weighted by molar-refractivity contribution is -0.870. The number of likely N-dealkylation sites (N-methyl/N-ethyl adjacent to an activating group) is 1. The van der Waals surface area contributed by atoms with Crippen molar-refractivity contribution in [1.29, 1.82) is 0 Å². The molecule has 3 unspecified atom stereocenters. The van der Waals surface area contributed by atoms with Gasteiger partial charge in [-0.2, -0.15) is 0 Å². The fraction of sp³-hybridized carbons (Fsp3) is 0.924. The highest BCUT2D eigenvalue weighted by atomic mass is 31.2. The molecule has 0 rings (SSSR count). The molecule has 0 saturated carbocycles. The highest BCUT2D eigenvalue weighted by molar-refractivity contribution is 7.47. The first-order valence-electron chi connectivity index (χ1n) is 39.7. The summed E-state index contributed by atoms with van der Waals surface area (Å²) in [5.41, 5.74) is 0. The molecule has 0 heterocycles. The Bertz CT molecular complexity index is 1570. The topological polar surface area (TPSA) is 111 Å². The first-order chi connectivity index (χ1) is 43.4. The summed E-state index contributed by atoms with van der Waals surface area (Å²) in [7, 11) is 1.52. The number of carbonyl (C=O) groups excluding carboxylic acids is 2. The Kier molecular flexibility index (Phi) is 68.1. The average Bonchev–Trinajstić information content (AvgIpc) is 3.67. The van der Waals surface area contributed by atoms with E-state index in [2.05, 4.69) is 44.3 Å². The van der Waals surface area contributed by atoms with Gasteiger partial charge in [0, 0.05) is 12.8 Å². The minimum Gasteiger partial charge on any atom is -0.456 e. The van der Waals surface area contributed by atoms with Gasteiger partial charge in [-0.25, -0.2) is 4.57 Å². The zero-order valence-corrected chi connectivity index (χ0v) is 61.6. The van der Waals surface area contributed by atoms with Crippen LogP contribution in [0.1, 0.15) is 419 Å². The highest BCUT2D eigenvalue weighted by Crippen LogP contribution is 2.43. The van der Waals surface area contributed by atoms with Crippen LogP contribution in [0.3, 0.4) is 0 Å². The van der Waals surface area contributed by atoms with Gasteiger partial charge in [-0.05, 0) is 57.4 Å². The molecule has 0 aliphatic rings. The summed E-state index contributed by atoms with van der Waals surface area (Å²) in [5.74, 6) is -0.476. The van der Waals surface area contributed by atoms with Crippen molar-refractivity contribution in [2.75, 3.05) is 40.9 Å². The van der Waals surface area contributed by atoms with Gasteiger partial charge >= 0.3 is 13.8 Å². The number of quaternary nitrogens is 1. The second kappa shape index (κ2) is 69.3. The number of ether oxygens (including phenoxy) is 1. The van der Waals surface area contributed by atoms with Crippen LogP contribution >= 0.6 is 7.82 Å². The number of phosphoric acid groups is 1. The summed E-state index contributed by atoms with van der Waals surface area (Å²) in [6, 6.07) is -0.844. The Balaban J connectivity index is 4.94. The van der Waals surface area contributed by atoms with E-state index < -0.39 is 20.0 Å². The quantitative estimate of drug-likeness (QED) is 0.0205. The van der Waals surface area contributed by atoms with E-state index in [1.807, 2.05) is 27.2 Å². The van der Waals surface area contributed by atoms with Gasteiger partial charge in [-0.15, -0.1) is 0 Å². The van der Waals surface area contributed by atoms with E-state index in [9.17, 15) is 19.0 Å².